The zero-order valence-corrected chi connectivity index (χ0v) is 13.1. The van der Waals surface area contributed by atoms with E-state index in [0.29, 0.717) is 13.2 Å². The Kier molecular flexibility index (Phi) is 6.68. The third-order valence-electron chi connectivity index (χ3n) is 3.07. The largest absolute Gasteiger partial charge is 0.382 e. The van der Waals surface area contributed by atoms with Crippen molar-refractivity contribution in [1.82, 2.24) is 0 Å². The molecule has 0 radical (unpaired) electrons. The molecule has 112 valence electrons. The number of hydrogen-bond acceptors (Lipinski definition) is 3. The lowest BCUT2D eigenvalue weighted by atomic mass is 10.1. The predicted molar refractivity (Wildman–Crippen MR) is 81.2 cm³/mol. The number of anilines is 1. The highest BCUT2D eigenvalue weighted by atomic mass is 16.5. The fourth-order valence-corrected chi connectivity index (χ4v) is 2.05. The third-order valence-corrected chi connectivity index (χ3v) is 3.07. The molecule has 1 amide bonds. The number of ether oxygens (including phenoxy) is 2. The summed E-state index contributed by atoms with van der Waals surface area (Å²) in [4.78, 5) is 14.2. The monoisotopic (exact) mass is 279 g/mol. The SMILES string of the molecule is COCCOCC(=O)N(c1cc(C)ccc1C)C(C)C. The van der Waals surface area contributed by atoms with Crippen molar-refractivity contribution in [2.45, 2.75) is 33.7 Å². The van der Waals surface area contributed by atoms with Gasteiger partial charge in [-0.05, 0) is 44.9 Å². The molecule has 1 rings (SSSR count). The van der Waals surface area contributed by atoms with Gasteiger partial charge in [0.05, 0.1) is 13.2 Å². The van der Waals surface area contributed by atoms with Gasteiger partial charge in [-0.1, -0.05) is 12.1 Å². The maximum absolute atomic E-state index is 12.4. The molecule has 20 heavy (non-hydrogen) atoms. The quantitative estimate of drug-likeness (QED) is 0.720. The lowest BCUT2D eigenvalue weighted by Gasteiger charge is -2.28. The summed E-state index contributed by atoms with van der Waals surface area (Å²) in [5.74, 6) is -0.0233. The van der Waals surface area contributed by atoms with Crippen LogP contribution in [-0.2, 0) is 14.3 Å². The lowest BCUT2D eigenvalue weighted by Crippen LogP contribution is -2.40. The number of amides is 1. The van der Waals surface area contributed by atoms with Crippen molar-refractivity contribution in [3.63, 3.8) is 0 Å². The van der Waals surface area contributed by atoms with E-state index in [9.17, 15) is 4.79 Å². The number of hydrogen-bond donors (Lipinski definition) is 0. The Balaban J connectivity index is 2.83. The molecule has 0 aliphatic heterocycles. The standard InChI is InChI=1S/C16H25NO3/c1-12(2)17(16(18)11-20-9-8-19-5)15-10-13(3)6-7-14(15)4/h6-7,10,12H,8-9,11H2,1-5H3. The van der Waals surface area contributed by atoms with Crippen molar-refractivity contribution in [3.05, 3.63) is 29.3 Å². The molecule has 0 aromatic heterocycles. The van der Waals surface area contributed by atoms with Gasteiger partial charge < -0.3 is 14.4 Å². The Labute approximate surface area is 121 Å². The molecule has 0 fully saturated rings. The normalized spacial score (nSPS) is 10.9. The van der Waals surface area contributed by atoms with Gasteiger partial charge in [-0.2, -0.15) is 0 Å². The van der Waals surface area contributed by atoms with Crippen molar-refractivity contribution < 1.29 is 14.3 Å². The Hall–Kier alpha value is -1.39. The summed E-state index contributed by atoms with van der Waals surface area (Å²) < 4.78 is 10.2. The number of methoxy groups -OCH3 is 1. The lowest BCUT2D eigenvalue weighted by molar-refractivity contribution is -0.123. The molecule has 0 aliphatic rings. The van der Waals surface area contributed by atoms with Crippen LogP contribution in [0.15, 0.2) is 18.2 Å². The Morgan fingerprint density at radius 3 is 2.55 bits per heavy atom. The molecule has 0 spiro atoms. The van der Waals surface area contributed by atoms with E-state index in [0.717, 1.165) is 16.8 Å². The van der Waals surface area contributed by atoms with E-state index < -0.39 is 0 Å². The van der Waals surface area contributed by atoms with Crippen LogP contribution in [0.1, 0.15) is 25.0 Å². The first-order valence-electron chi connectivity index (χ1n) is 6.93. The van der Waals surface area contributed by atoms with E-state index in [1.807, 2.05) is 39.8 Å². The second-order valence-corrected chi connectivity index (χ2v) is 5.19. The number of carbonyl (C=O) groups excluding carboxylic acids is 1. The van der Waals surface area contributed by atoms with Crippen LogP contribution in [0.25, 0.3) is 0 Å². The van der Waals surface area contributed by atoms with Crippen LogP contribution in [0.4, 0.5) is 5.69 Å². The highest BCUT2D eigenvalue weighted by Gasteiger charge is 2.20. The molecule has 0 heterocycles. The molecule has 0 atom stereocenters. The molecule has 4 nitrogen and oxygen atoms in total. The zero-order chi connectivity index (χ0) is 15.1. The van der Waals surface area contributed by atoms with Crippen LogP contribution in [-0.4, -0.2) is 38.9 Å². The molecule has 0 aliphatic carbocycles. The molecule has 0 saturated carbocycles. The van der Waals surface area contributed by atoms with Gasteiger partial charge in [0.1, 0.15) is 6.61 Å². The van der Waals surface area contributed by atoms with Gasteiger partial charge >= 0.3 is 0 Å². The van der Waals surface area contributed by atoms with Gasteiger partial charge in [-0.25, -0.2) is 0 Å². The second kappa shape index (κ2) is 8.02. The first kappa shape index (κ1) is 16.7. The fraction of sp³-hybridized carbons (Fsp3) is 0.562. The fourth-order valence-electron chi connectivity index (χ4n) is 2.05. The summed E-state index contributed by atoms with van der Waals surface area (Å²) in [6.45, 7) is 9.07. The number of carbonyl (C=O) groups is 1. The molecule has 0 bridgehead atoms. The van der Waals surface area contributed by atoms with E-state index in [4.69, 9.17) is 9.47 Å². The van der Waals surface area contributed by atoms with Gasteiger partial charge in [0.25, 0.3) is 5.91 Å². The maximum atomic E-state index is 12.4. The van der Waals surface area contributed by atoms with Gasteiger partial charge in [-0.15, -0.1) is 0 Å². The molecule has 0 N–H and O–H groups in total. The molecular formula is C16H25NO3. The van der Waals surface area contributed by atoms with Crippen LogP contribution in [0.3, 0.4) is 0 Å². The molecule has 1 aromatic rings. The van der Waals surface area contributed by atoms with Crippen molar-refractivity contribution in [1.29, 1.82) is 0 Å². The third kappa shape index (κ3) is 4.62. The Bertz CT molecular complexity index is 443. The minimum absolute atomic E-state index is 0.0233. The van der Waals surface area contributed by atoms with Gasteiger partial charge in [0.15, 0.2) is 0 Å². The average Bonchev–Trinajstić information content (AvgIpc) is 2.38. The van der Waals surface area contributed by atoms with Crippen molar-refractivity contribution in [2.24, 2.45) is 0 Å². The summed E-state index contributed by atoms with van der Waals surface area (Å²) in [5.41, 5.74) is 3.19. The van der Waals surface area contributed by atoms with Crippen LogP contribution in [0, 0.1) is 13.8 Å². The van der Waals surface area contributed by atoms with Crippen LogP contribution >= 0.6 is 0 Å². The zero-order valence-electron chi connectivity index (χ0n) is 13.1. The highest BCUT2D eigenvalue weighted by Crippen LogP contribution is 2.23. The first-order chi connectivity index (χ1) is 9.47. The molecule has 1 aromatic carbocycles. The van der Waals surface area contributed by atoms with Crippen LogP contribution < -0.4 is 4.90 Å². The van der Waals surface area contributed by atoms with Crippen molar-refractivity contribution >= 4 is 11.6 Å². The van der Waals surface area contributed by atoms with Gasteiger partial charge in [0, 0.05) is 18.8 Å². The number of rotatable bonds is 7. The first-order valence-corrected chi connectivity index (χ1v) is 6.93. The second-order valence-electron chi connectivity index (χ2n) is 5.19. The highest BCUT2D eigenvalue weighted by molar-refractivity contribution is 5.95. The summed E-state index contributed by atoms with van der Waals surface area (Å²) in [6.07, 6.45) is 0. The summed E-state index contributed by atoms with van der Waals surface area (Å²) in [7, 11) is 1.61. The van der Waals surface area contributed by atoms with E-state index in [1.165, 1.54) is 0 Å². The van der Waals surface area contributed by atoms with Gasteiger partial charge in [-0.3, -0.25) is 4.79 Å². The maximum Gasteiger partial charge on any atom is 0.253 e. The topological polar surface area (TPSA) is 38.8 Å². The smallest absolute Gasteiger partial charge is 0.253 e. The molecule has 0 saturated heterocycles. The predicted octanol–water partition coefficient (Wildman–Crippen LogP) is 2.71. The number of nitrogens with zero attached hydrogens (tertiary/aromatic N) is 1. The van der Waals surface area contributed by atoms with E-state index in [-0.39, 0.29) is 18.6 Å². The van der Waals surface area contributed by atoms with Crippen LogP contribution in [0.2, 0.25) is 0 Å². The van der Waals surface area contributed by atoms with E-state index in [2.05, 4.69) is 6.07 Å². The Morgan fingerprint density at radius 1 is 1.25 bits per heavy atom. The molecule has 0 unspecified atom stereocenters. The Morgan fingerprint density at radius 2 is 1.95 bits per heavy atom. The van der Waals surface area contributed by atoms with Gasteiger partial charge in [0.2, 0.25) is 0 Å². The minimum atomic E-state index is -0.0233. The summed E-state index contributed by atoms with van der Waals surface area (Å²) >= 11 is 0. The number of aryl methyl sites for hydroxylation is 2. The van der Waals surface area contributed by atoms with Crippen LogP contribution in [0.5, 0.6) is 0 Å². The van der Waals surface area contributed by atoms with E-state index in [1.54, 1.807) is 12.0 Å². The average molecular weight is 279 g/mol. The van der Waals surface area contributed by atoms with Crippen molar-refractivity contribution in [2.75, 3.05) is 31.8 Å². The molecular weight excluding hydrogens is 254 g/mol. The van der Waals surface area contributed by atoms with Crippen molar-refractivity contribution in [3.8, 4) is 0 Å². The van der Waals surface area contributed by atoms with E-state index >= 15 is 0 Å². The summed E-state index contributed by atoms with van der Waals surface area (Å²) in [5, 5.41) is 0. The number of benzene rings is 1. The molecule has 4 heteroatoms. The minimum Gasteiger partial charge on any atom is -0.382 e. The summed E-state index contributed by atoms with van der Waals surface area (Å²) in [6, 6.07) is 6.23.